The van der Waals surface area contributed by atoms with Crippen molar-refractivity contribution in [1.29, 1.82) is 0 Å². The van der Waals surface area contributed by atoms with Gasteiger partial charge >= 0.3 is 0 Å². The van der Waals surface area contributed by atoms with E-state index in [4.69, 9.17) is 11.6 Å². The van der Waals surface area contributed by atoms with Gasteiger partial charge in [0.25, 0.3) is 5.91 Å². The van der Waals surface area contributed by atoms with Crippen LogP contribution in [0.3, 0.4) is 0 Å². The Balaban J connectivity index is 2.14. The van der Waals surface area contributed by atoms with E-state index in [0.29, 0.717) is 11.9 Å². The van der Waals surface area contributed by atoms with Crippen LogP contribution in [0.5, 0.6) is 0 Å². The van der Waals surface area contributed by atoms with Crippen molar-refractivity contribution in [1.82, 2.24) is 9.88 Å². The van der Waals surface area contributed by atoms with Crippen molar-refractivity contribution in [3.8, 4) is 0 Å². The van der Waals surface area contributed by atoms with Crippen LogP contribution in [0, 0.1) is 6.92 Å². The van der Waals surface area contributed by atoms with Crippen molar-refractivity contribution >= 4 is 17.5 Å². The summed E-state index contributed by atoms with van der Waals surface area (Å²) in [6, 6.07) is 4.08. The second-order valence-corrected chi connectivity index (χ2v) is 5.14. The molecule has 0 bridgehead atoms. The Hall–Kier alpha value is -1.09. The maximum Gasteiger partial charge on any atom is 0.255 e. The summed E-state index contributed by atoms with van der Waals surface area (Å²) >= 11 is 5.74. The first-order chi connectivity index (χ1) is 8.74. The molecule has 18 heavy (non-hydrogen) atoms. The summed E-state index contributed by atoms with van der Waals surface area (Å²) in [5.41, 5.74) is 1.52. The van der Waals surface area contributed by atoms with Crippen LogP contribution in [-0.4, -0.2) is 34.3 Å². The average Bonchev–Trinajstić information content (AvgIpc) is 2.32. The van der Waals surface area contributed by atoms with Gasteiger partial charge in [-0.05, 0) is 44.7 Å². The fraction of sp³-hybridized carbons (Fsp3) is 0.571. The average molecular weight is 267 g/mol. The number of halogens is 1. The largest absolute Gasteiger partial charge is 0.336 e. The SMILES string of the molecule is Cc1ncccc1C(=O)N(CCCCl)C1CCC1. The number of hydrogen-bond acceptors (Lipinski definition) is 2. The van der Waals surface area contributed by atoms with E-state index in [9.17, 15) is 4.79 Å². The van der Waals surface area contributed by atoms with Gasteiger partial charge in [0.15, 0.2) is 0 Å². The molecule has 3 nitrogen and oxygen atoms in total. The Kier molecular flexibility index (Phi) is 4.59. The monoisotopic (exact) mass is 266 g/mol. The molecule has 1 aromatic heterocycles. The molecule has 0 aliphatic heterocycles. The third-order valence-electron chi connectivity index (χ3n) is 3.55. The van der Waals surface area contributed by atoms with Crippen LogP contribution in [-0.2, 0) is 0 Å². The summed E-state index contributed by atoms with van der Waals surface area (Å²) in [5, 5.41) is 0. The minimum Gasteiger partial charge on any atom is -0.336 e. The smallest absolute Gasteiger partial charge is 0.255 e. The van der Waals surface area contributed by atoms with Gasteiger partial charge in [-0.2, -0.15) is 0 Å². The van der Waals surface area contributed by atoms with Gasteiger partial charge in [-0.25, -0.2) is 0 Å². The third-order valence-corrected chi connectivity index (χ3v) is 3.81. The van der Waals surface area contributed by atoms with Crippen LogP contribution in [0.2, 0.25) is 0 Å². The predicted octanol–water partition coefficient (Wildman–Crippen LogP) is 3.01. The second kappa shape index (κ2) is 6.19. The normalized spacial score (nSPS) is 15.2. The van der Waals surface area contributed by atoms with E-state index < -0.39 is 0 Å². The van der Waals surface area contributed by atoms with Crippen molar-refractivity contribution in [3.05, 3.63) is 29.6 Å². The third kappa shape index (κ3) is 2.83. The van der Waals surface area contributed by atoms with Crippen LogP contribution in [0.4, 0.5) is 0 Å². The molecule has 1 aromatic rings. The quantitative estimate of drug-likeness (QED) is 0.768. The van der Waals surface area contributed by atoms with Gasteiger partial charge in [-0.1, -0.05) is 0 Å². The van der Waals surface area contributed by atoms with Crippen molar-refractivity contribution in [2.75, 3.05) is 12.4 Å². The highest BCUT2D eigenvalue weighted by Crippen LogP contribution is 2.26. The molecule has 0 N–H and O–H groups in total. The number of amides is 1. The molecule has 1 aliphatic carbocycles. The minimum absolute atomic E-state index is 0.107. The highest BCUT2D eigenvalue weighted by Gasteiger charge is 2.29. The van der Waals surface area contributed by atoms with E-state index in [1.54, 1.807) is 6.20 Å². The van der Waals surface area contributed by atoms with Crippen molar-refractivity contribution < 1.29 is 4.79 Å². The molecular formula is C14H19ClN2O. The van der Waals surface area contributed by atoms with Gasteiger partial charge in [-0.3, -0.25) is 9.78 Å². The number of aromatic nitrogens is 1. The molecule has 4 heteroatoms. The Bertz CT molecular complexity index is 418. The maximum absolute atomic E-state index is 12.5. The van der Waals surface area contributed by atoms with E-state index in [1.807, 2.05) is 24.0 Å². The summed E-state index contributed by atoms with van der Waals surface area (Å²) in [6.07, 6.45) is 6.03. The molecule has 0 atom stereocenters. The molecule has 1 amide bonds. The molecule has 0 radical (unpaired) electrons. The van der Waals surface area contributed by atoms with Crippen LogP contribution in [0.25, 0.3) is 0 Å². The lowest BCUT2D eigenvalue weighted by atomic mass is 9.90. The molecule has 98 valence electrons. The molecule has 1 aliphatic rings. The van der Waals surface area contributed by atoms with Crippen molar-refractivity contribution in [2.24, 2.45) is 0 Å². The van der Waals surface area contributed by atoms with E-state index in [0.717, 1.165) is 37.1 Å². The highest BCUT2D eigenvalue weighted by molar-refractivity contribution is 6.17. The first-order valence-corrected chi connectivity index (χ1v) is 7.06. The molecule has 2 rings (SSSR count). The lowest BCUT2D eigenvalue weighted by Crippen LogP contribution is -2.45. The van der Waals surface area contributed by atoms with Crippen LogP contribution < -0.4 is 0 Å². The first-order valence-electron chi connectivity index (χ1n) is 6.52. The summed E-state index contributed by atoms with van der Waals surface area (Å²) in [5.74, 6) is 0.707. The van der Waals surface area contributed by atoms with Gasteiger partial charge in [0.05, 0.1) is 5.56 Å². The summed E-state index contributed by atoms with van der Waals surface area (Å²) < 4.78 is 0. The van der Waals surface area contributed by atoms with E-state index >= 15 is 0 Å². The molecule has 0 aromatic carbocycles. The molecule has 0 saturated heterocycles. The van der Waals surface area contributed by atoms with Gasteiger partial charge < -0.3 is 4.90 Å². The van der Waals surface area contributed by atoms with Gasteiger partial charge in [0, 0.05) is 30.4 Å². The molecule has 0 spiro atoms. The van der Waals surface area contributed by atoms with Crippen LogP contribution >= 0.6 is 11.6 Å². The van der Waals surface area contributed by atoms with Crippen LogP contribution in [0.1, 0.15) is 41.7 Å². The predicted molar refractivity (Wildman–Crippen MR) is 73.0 cm³/mol. The number of carbonyl (C=O) groups is 1. The molecule has 1 saturated carbocycles. The molecule has 1 heterocycles. The number of hydrogen-bond donors (Lipinski definition) is 0. The van der Waals surface area contributed by atoms with Crippen molar-refractivity contribution in [2.45, 2.75) is 38.6 Å². The Morgan fingerprint density at radius 1 is 1.56 bits per heavy atom. The fourth-order valence-corrected chi connectivity index (χ4v) is 2.36. The summed E-state index contributed by atoms with van der Waals surface area (Å²) in [7, 11) is 0. The Labute approximate surface area is 113 Å². The molecule has 0 unspecified atom stereocenters. The van der Waals surface area contributed by atoms with Gasteiger partial charge in [0.1, 0.15) is 0 Å². The topological polar surface area (TPSA) is 33.2 Å². The number of rotatable bonds is 5. The van der Waals surface area contributed by atoms with Gasteiger partial charge in [-0.15, -0.1) is 11.6 Å². The van der Waals surface area contributed by atoms with Crippen molar-refractivity contribution in [3.63, 3.8) is 0 Å². The second-order valence-electron chi connectivity index (χ2n) is 4.76. The number of pyridine rings is 1. The number of carbonyl (C=O) groups excluding carboxylic acids is 1. The minimum atomic E-state index is 0.107. The lowest BCUT2D eigenvalue weighted by molar-refractivity contribution is 0.0579. The van der Waals surface area contributed by atoms with E-state index in [2.05, 4.69) is 4.98 Å². The number of nitrogens with zero attached hydrogens (tertiary/aromatic N) is 2. The summed E-state index contributed by atoms with van der Waals surface area (Å²) in [6.45, 7) is 2.63. The first kappa shape index (κ1) is 13.3. The van der Waals surface area contributed by atoms with Crippen LogP contribution in [0.15, 0.2) is 18.3 Å². The number of alkyl halides is 1. The summed E-state index contributed by atoms with van der Waals surface area (Å²) in [4.78, 5) is 18.7. The van der Waals surface area contributed by atoms with E-state index in [-0.39, 0.29) is 5.91 Å². The van der Waals surface area contributed by atoms with Gasteiger partial charge in [0.2, 0.25) is 0 Å². The zero-order valence-corrected chi connectivity index (χ0v) is 11.5. The Morgan fingerprint density at radius 2 is 2.33 bits per heavy atom. The maximum atomic E-state index is 12.5. The Morgan fingerprint density at radius 3 is 2.89 bits per heavy atom. The van der Waals surface area contributed by atoms with E-state index in [1.165, 1.54) is 6.42 Å². The molecular weight excluding hydrogens is 248 g/mol. The lowest BCUT2D eigenvalue weighted by Gasteiger charge is -2.37. The fourth-order valence-electron chi connectivity index (χ4n) is 2.24. The standard InChI is InChI=1S/C14H19ClN2O/c1-11-13(7-3-9-16-11)14(18)17(10-4-8-15)12-5-2-6-12/h3,7,9,12H,2,4-6,8,10H2,1H3. The zero-order valence-electron chi connectivity index (χ0n) is 10.7. The zero-order chi connectivity index (χ0) is 13.0. The number of aryl methyl sites for hydroxylation is 1. The highest BCUT2D eigenvalue weighted by atomic mass is 35.5. The molecule has 1 fully saturated rings.